The topological polar surface area (TPSA) is 3.24 Å². The first-order valence-corrected chi connectivity index (χ1v) is 5.35. The maximum atomic E-state index is 12.2. The molecule has 4 heteroatoms. The summed E-state index contributed by atoms with van der Waals surface area (Å²) in [6, 6.07) is 0.165. The Morgan fingerprint density at radius 2 is 2.08 bits per heavy atom. The van der Waals surface area contributed by atoms with Crippen LogP contribution < -0.4 is 0 Å². The van der Waals surface area contributed by atoms with Crippen molar-refractivity contribution in [1.82, 2.24) is 4.90 Å². The first kappa shape index (κ1) is 11.2. The van der Waals surface area contributed by atoms with Gasteiger partial charge in [-0.25, -0.2) is 8.78 Å². The molecule has 1 heterocycles. The SMILES string of the molecule is FC(F)CN1CCCCCC1CCl. The molecule has 1 rings (SSSR count). The fraction of sp³-hybridized carbons (Fsp3) is 1.00. The monoisotopic (exact) mass is 211 g/mol. The van der Waals surface area contributed by atoms with Crippen molar-refractivity contribution in [2.24, 2.45) is 0 Å². The summed E-state index contributed by atoms with van der Waals surface area (Å²) in [5.41, 5.74) is 0. The molecule has 0 radical (unpaired) electrons. The van der Waals surface area contributed by atoms with Crippen molar-refractivity contribution in [2.75, 3.05) is 19.0 Å². The van der Waals surface area contributed by atoms with Gasteiger partial charge >= 0.3 is 0 Å². The predicted molar refractivity (Wildman–Crippen MR) is 50.6 cm³/mol. The quantitative estimate of drug-likeness (QED) is 0.649. The van der Waals surface area contributed by atoms with Crippen LogP contribution in [-0.2, 0) is 0 Å². The van der Waals surface area contributed by atoms with Gasteiger partial charge in [-0.2, -0.15) is 0 Å². The first-order chi connectivity index (χ1) is 6.24. The molecule has 0 aromatic rings. The minimum atomic E-state index is -2.23. The highest BCUT2D eigenvalue weighted by molar-refractivity contribution is 6.18. The van der Waals surface area contributed by atoms with Crippen LogP contribution in [0.5, 0.6) is 0 Å². The molecule has 0 aromatic heterocycles. The number of rotatable bonds is 3. The fourth-order valence-electron chi connectivity index (χ4n) is 1.83. The first-order valence-electron chi connectivity index (χ1n) is 4.82. The molecule has 0 spiro atoms. The summed E-state index contributed by atoms with van der Waals surface area (Å²) in [5.74, 6) is 0.479. The average molecular weight is 212 g/mol. The van der Waals surface area contributed by atoms with Gasteiger partial charge in [0.15, 0.2) is 0 Å². The molecular weight excluding hydrogens is 196 g/mol. The van der Waals surface area contributed by atoms with Gasteiger partial charge in [0, 0.05) is 11.9 Å². The van der Waals surface area contributed by atoms with Gasteiger partial charge in [-0.15, -0.1) is 11.6 Å². The van der Waals surface area contributed by atoms with E-state index in [4.69, 9.17) is 11.6 Å². The van der Waals surface area contributed by atoms with Crippen molar-refractivity contribution >= 4 is 11.6 Å². The molecule has 13 heavy (non-hydrogen) atoms. The van der Waals surface area contributed by atoms with E-state index >= 15 is 0 Å². The molecule has 0 aromatic carbocycles. The van der Waals surface area contributed by atoms with Gasteiger partial charge < -0.3 is 0 Å². The molecule has 0 amide bonds. The number of hydrogen-bond acceptors (Lipinski definition) is 1. The van der Waals surface area contributed by atoms with Crippen molar-refractivity contribution in [3.05, 3.63) is 0 Å². The van der Waals surface area contributed by atoms with E-state index in [1.807, 2.05) is 4.90 Å². The number of likely N-dealkylation sites (tertiary alicyclic amines) is 1. The van der Waals surface area contributed by atoms with Crippen molar-refractivity contribution in [1.29, 1.82) is 0 Å². The van der Waals surface area contributed by atoms with Crippen LogP contribution in [0.15, 0.2) is 0 Å². The summed E-state index contributed by atoms with van der Waals surface area (Å²) in [7, 11) is 0. The van der Waals surface area contributed by atoms with Crippen LogP contribution >= 0.6 is 11.6 Å². The third-order valence-corrected chi connectivity index (χ3v) is 2.91. The highest BCUT2D eigenvalue weighted by Gasteiger charge is 2.22. The van der Waals surface area contributed by atoms with Crippen molar-refractivity contribution in [2.45, 2.75) is 38.2 Å². The Labute approximate surface area is 83.0 Å². The third-order valence-electron chi connectivity index (χ3n) is 2.55. The maximum absolute atomic E-state index is 12.2. The zero-order chi connectivity index (χ0) is 9.68. The van der Waals surface area contributed by atoms with Gasteiger partial charge in [0.2, 0.25) is 0 Å². The molecule has 0 saturated carbocycles. The van der Waals surface area contributed by atoms with E-state index < -0.39 is 6.43 Å². The summed E-state index contributed by atoms with van der Waals surface area (Å²) in [6.45, 7) is 0.666. The van der Waals surface area contributed by atoms with E-state index in [-0.39, 0.29) is 12.6 Å². The van der Waals surface area contributed by atoms with E-state index in [0.29, 0.717) is 5.88 Å². The summed E-state index contributed by atoms with van der Waals surface area (Å²) in [4.78, 5) is 1.84. The molecule has 0 N–H and O–H groups in total. The van der Waals surface area contributed by atoms with Crippen LogP contribution in [0.1, 0.15) is 25.7 Å². The fourth-order valence-corrected chi connectivity index (χ4v) is 2.18. The zero-order valence-corrected chi connectivity index (χ0v) is 8.44. The Morgan fingerprint density at radius 1 is 1.31 bits per heavy atom. The van der Waals surface area contributed by atoms with Crippen molar-refractivity contribution in [3.63, 3.8) is 0 Å². The maximum Gasteiger partial charge on any atom is 0.251 e. The van der Waals surface area contributed by atoms with E-state index in [1.54, 1.807) is 0 Å². The number of alkyl halides is 3. The number of nitrogens with zero attached hydrogens (tertiary/aromatic N) is 1. The molecule has 1 aliphatic heterocycles. The third kappa shape index (κ3) is 3.77. The second kappa shape index (κ2) is 5.76. The van der Waals surface area contributed by atoms with Gasteiger partial charge in [-0.05, 0) is 19.4 Å². The minimum absolute atomic E-state index is 0.114. The predicted octanol–water partition coefficient (Wildman–Crippen LogP) is 2.73. The van der Waals surface area contributed by atoms with Crippen LogP contribution in [0.4, 0.5) is 8.78 Å². The lowest BCUT2D eigenvalue weighted by molar-refractivity contribution is 0.0718. The highest BCUT2D eigenvalue weighted by Crippen LogP contribution is 2.18. The molecule has 1 fully saturated rings. The van der Waals surface area contributed by atoms with Crippen molar-refractivity contribution < 1.29 is 8.78 Å². The van der Waals surface area contributed by atoms with Crippen LogP contribution in [-0.4, -0.2) is 36.3 Å². The number of hydrogen-bond donors (Lipinski definition) is 0. The molecule has 1 aliphatic rings. The Kier molecular flexibility index (Phi) is 4.96. The summed E-state index contributed by atoms with van der Waals surface area (Å²) in [6.07, 6.45) is 2.03. The highest BCUT2D eigenvalue weighted by atomic mass is 35.5. The molecule has 1 saturated heterocycles. The van der Waals surface area contributed by atoms with Crippen LogP contribution in [0.2, 0.25) is 0 Å². The van der Waals surface area contributed by atoms with Crippen LogP contribution in [0.25, 0.3) is 0 Å². The van der Waals surface area contributed by atoms with E-state index in [9.17, 15) is 8.78 Å². The molecule has 78 valence electrons. The smallest absolute Gasteiger partial charge is 0.251 e. The lowest BCUT2D eigenvalue weighted by Gasteiger charge is -2.27. The van der Waals surface area contributed by atoms with Crippen molar-refractivity contribution in [3.8, 4) is 0 Å². The molecular formula is C9H16ClF2N. The summed E-state index contributed by atoms with van der Waals surface area (Å²) in [5, 5.41) is 0. The van der Waals surface area contributed by atoms with E-state index in [0.717, 1.165) is 32.2 Å². The van der Waals surface area contributed by atoms with Crippen LogP contribution in [0, 0.1) is 0 Å². The lowest BCUT2D eigenvalue weighted by Crippen LogP contribution is -2.39. The Bertz CT molecular complexity index is 144. The normalized spacial score (nSPS) is 26.3. The molecule has 1 nitrogen and oxygen atoms in total. The summed E-state index contributed by atoms with van der Waals surface area (Å²) >= 11 is 5.74. The van der Waals surface area contributed by atoms with Gasteiger partial charge in [-0.3, -0.25) is 4.90 Å². The van der Waals surface area contributed by atoms with E-state index in [2.05, 4.69) is 0 Å². The average Bonchev–Trinajstić information content (AvgIpc) is 2.28. The zero-order valence-electron chi connectivity index (χ0n) is 7.69. The molecule has 0 aliphatic carbocycles. The van der Waals surface area contributed by atoms with Crippen LogP contribution in [0.3, 0.4) is 0 Å². The van der Waals surface area contributed by atoms with Gasteiger partial charge in [0.05, 0.1) is 6.54 Å². The van der Waals surface area contributed by atoms with Gasteiger partial charge in [0.1, 0.15) is 0 Å². The second-order valence-corrected chi connectivity index (χ2v) is 3.85. The van der Waals surface area contributed by atoms with Gasteiger partial charge in [0.25, 0.3) is 6.43 Å². The molecule has 0 bridgehead atoms. The Morgan fingerprint density at radius 3 is 2.69 bits per heavy atom. The Balaban J connectivity index is 2.44. The van der Waals surface area contributed by atoms with E-state index in [1.165, 1.54) is 0 Å². The molecule has 1 atom stereocenters. The standard InChI is InChI=1S/C9H16ClF2N/c10-6-8-4-2-1-3-5-13(8)7-9(11)12/h8-9H,1-7H2. The largest absolute Gasteiger partial charge is 0.294 e. The second-order valence-electron chi connectivity index (χ2n) is 3.54. The Hall–Kier alpha value is 0.110. The lowest BCUT2D eigenvalue weighted by atomic mass is 10.1. The van der Waals surface area contributed by atoms with Gasteiger partial charge in [-0.1, -0.05) is 12.8 Å². The number of halogens is 3. The summed E-state index contributed by atoms with van der Waals surface area (Å²) < 4.78 is 24.4. The minimum Gasteiger partial charge on any atom is -0.294 e. The molecule has 1 unspecified atom stereocenters.